The highest BCUT2D eigenvalue weighted by Gasteiger charge is 2.41. The summed E-state index contributed by atoms with van der Waals surface area (Å²) in [7, 11) is -4.82. The van der Waals surface area contributed by atoms with E-state index >= 15 is 0 Å². The Balaban J connectivity index is 2.53. The minimum absolute atomic E-state index is 0.0450. The third-order valence-corrected chi connectivity index (χ3v) is 11.2. The number of allylic oxidation sites excluding steroid dienone is 8. The van der Waals surface area contributed by atoms with Crippen LogP contribution in [0.15, 0.2) is 60.8 Å². The number of carbonyl (C=O) groups is 4. The van der Waals surface area contributed by atoms with Gasteiger partial charge in [-0.05, 0) is 64.2 Å². The van der Waals surface area contributed by atoms with E-state index in [1.54, 1.807) is 12.2 Å². The van der Waals surface area contributed by atoms with Crippen molar-refractivity contribution in [3.05, 3.63) is 60.8 Å². The third-order valence-electron chi connectivity index (χ3n) is 10.2. The van der Waals surface area contributed by atoms with E-state index in [9.17, 15) is 44.0 Å². The molecule has 7 N–H and O–H groups in total. The first-order valence-corrected chi connectivity index (χ1v) is 24.0. The van der Waals surface area contributed by atoms with Crippen LogP contribution < -0.4 is 5.73 Å². The van der Waals surface area contributed by atoms with Crippen LogP contribution in [0, 0.1) is 11.8 Å². The lowest BCUT2D eigenvalue weighted by Crippen LogP contribution is -2.34. The van der Waals surface area contributed by atoms with Gasteiger partial charge in [0.15, 0.2) is 6.10 Å². The molecule has 0 saturated heterocycles. The molecule has 62 heavy (non-hydrogen) atoms. The zero-order valence-electron chi connectivity index (χ0n) is 37.0. The molecule has 8 atom stereocenters. The van der Waals surface area contributed by atoms with E-state index in [0.717, 1.165) is 70.6 Å². The molecule has 1 aliphatic rings. The van der Waals surface area contributed by atoms with Crippen LogP contribution in [0.1, 0.15) is 142 Å². The van der Waals surface area contributed by atoms with Crippen LogP contribution in [0.4, 0.5) is 0 Å². The van der Waals surface area contributed by atoms with Crippen LogP contribution in [-0.2, 0) is 42.3 Å². The Hall–Kier alpha value is -3.27. The van der Waals surface area contributed by atoms with Crippen molar-refractivity contribution in [3.8, 4) is 0 Å². The van der Waals surface area contributed by atoms with Gasteiger partial charge in [0.1, 0.15) is 18.4 Å². The molecule has 1 unspecified atom stereocenters. The van der Waals surface area contributed by atoms with Crippen LogP contribution in [0.5, 0.6) is 0 Å². The number of aliphatic hydroxyl groups excluding tert-OH is 3. The highest BCUT2D eigenvalue weighted by molar-refractivity contribution is 7.47. The lowest BCUT2D eigenvalue weighted by molar-refractivity contribution is -0.161. The Morgan fingerprint density at radius 3 is 2.00 bits per heavy atom. The number of esters is 2. The fourth-order valence-electron chi connectivity index (χ4n) is 6.64. The molecular weight excluding hydrogens is 821 g/mol. The highest BCUT2D eigenvalue weighted by Crippen LogP contribution is 2.43. The van der Waals surface area contributed by atoms with Gasteiger partial charge >= 0.3 is 25.7 Å². The molecule has 0 aromatic rings. The standard InChI is InChI=1S/C46H76NO14P/c1-3-5-7-8-9-10-11-12-13-14-15-16-17-18-19-20-22-28-45(53)61-38(34-59-62(56,57)60-35-41(47)46(54)55)33-58-44(52)27-24-23-26-37(49)31-40-39(42(50)32-43(40)51)30-29-36(48)25-21-6-4-2/h5,7,9-10,12-13,15-16,29-30,36,38-43,48,50-51H,3-4,6,8,11,14,17-28,31-35,47H2,1-2H3,(H,54,55)(H,56,57)/b7-5-,10-9-,13-12-,16-15-,30-29+/t36-,38+,39+,40+,41-,42+,43-/m0/s1. The number of unbranched alkanes of at least 4 members (excludes halogenated alkanes) is 7. The molecule has 1 rings (SSSR count). The summed E-state index contributed by atoms with van der Waals surface area (Å²) in [6.07, 6.45) is 29.2. The molecule has 15 nitrogen and oxygen atoms in total. The van der Waals surface area contributed by atoms with Crippen LogP contribution in [-0.4, -0.2) is 99.3 Å². The van der Waals surface area contributed by atoms with Crippen molar-refractivity contribution in [2.75, 3.05) is 19.8 Å². The average molecular weight is 898 g/mol. The summed E-state index contributed by atoms with van der Waals surface area (Å²) in [5.41, 5.74) is 5.32. The number of ketones is 1. The SMILES string of the molecule is CC/C=C\C/C=C\C/C=C\C/C=C\CCCCCCC(=O)O[C@H](COC(=O)CCCCC(=O)C[C@@H]1[C@@H](/C=C/[C@@H](O)CCCCC)[C@H](O)C[C@@H]1O)COP(=O)(O)OC[C@H](N)C(=O)O. The van der Waals surface area contributed by atoms with Gasteiger partial charge in [-0.2, -0.15) is 0 Å². The van der Waals surface area contributed by atoms with Gasteiger partial charge in [0, 0.05) is 43.9 Å². The van der Waals surface area contributed by atoms with Crippen molar-refractivity contribution in [2.24, 2.45) is 17.6 Å². The van der Waals surface area contributed by atoms with E-state index in [-0.39, 0.29) is 37.9 Å². The predicted octanol–water partition coefficient (Wildman–Crippen LogP) is 7.51. The lowest BCUT2D eigenvalue weighted by atomic mass is 9.87. The van der Waals surface area contributed by atoms with Crippen molar-refractivity contribution in [2.45, 2.75) is 173 Å². The maximum atomic E-state index is 12.8. The molecular formula is C46H76NO14P. The van der Waals surface area contributed by atoms with Gasteiger partial charge in [-0.3, -0.25) is 28.2 Å². The highest BCUT2D eigenvalue weighted by atomic mass is 31.2. The molecule has 0 aliphatic heterocycles. The number of hydrogen-bond acceptors (Lipinski definition) is 13. The van der Waals surface area contributed by atoms with E-state index in [2.05, 4.69) is 67.0 Å². The number of carbonyl (C=O) groups excluding carboxylic acids is 3. The van der Waals surface area contributed by atoms with Crippen molar-refractivity contribution in [3.63, 3.8) is 0 Å². The molecule has 0 aromatic heterocycles. The summed E-state index contributed by atoms with van der Waals surface area (Å²) < 4.78 is 32.6. The van der Waals surface area contributed by atoms with Gasteiger partial charge < -0.3 is 40.5 Å². The second-order valence-corrected chi connectivity index (χ2v) is 17.2. The monoisotopic (exact) mass is 898 g/mol. The van der Waals surface area contributed by atoms with E-state index in [1.165, 1.54) is 0 Å². The lowest BCUT2D eigenvalue weighted by Gasteiger charge is -2.20. The number of carboxylic acid groups (broad SMARTS) is 1. The minimum Gasteiger partial charge on any atom is -0.480 e. The van der Waals surface area contributed by atoms with E-state index in [1.807, 2.05) is 0 Å². The number of phosphoric ester groups is 1. The fourth-order valence-corrected chi connectivity index (χ4v) is 7.42. The van der Waals surface area contributed by atoms with Crippen molar-refractivity contribution in [1.29, 1.82) is 0 Å². The average Bonchev–Trinajstić information content (AvgIpc) is 3.49. The van der Waals surface area contributed by atoms with Gasteiger partial charge in [0.05, 0.1) is 31.5 Å². The first-order chi connectivity index (χ1) is 29.7. The molecule has 0 radical (unpaired) electrons. The number of hydrogen-bond donors (Lipinski definition) is 6. The smallest absolute Gasteiger partial charge is 0.472 e. The van der Waals surface area contributed by atoms with Gasteiger partial charge in [0.2, 0.25) is 0 Å². The largest absolute Gasteiger partial charge is 0.480 e. The number of rotatable bonds is 37. The normalized spacial score (nSPS) is 20.7. The van der Waals surface area contributed by atoms with Gasteiger partial charge in [-0.15, -0.1) is 0 Å². The maximum Gasteiger partial charge on any atom is 0.472 e. The number of aliphatic hydroxyl groups is 3. The maximum absolute atomic E-state index is 12.8. The molecule has 354 valence electrons. The van der Waals surface area contributed by atoms with Gasteiger partial charge in [-0.1, -0.05) is 107 Å². The molecule has 1 fully saturated rings. The van der Waals surface area contributed by atoms with Crippen LogP contribution in [0.2, 0.25) is 0 Å². The molecule has 0 bridgehead atoms. The van der Waals surface area contributed by atoms with Crippen LogP contribution >= 0.6 is 7.82 Å². The second kappa shape index (κ2) is 35.1. The molecule has 16 heteroatoms. The Kier molecular flexibility index (Phi) is 32.1. The Labute approximate surface area is 369 Å². The van der Waals surface area contributed by atoms with E-state index in [0.29, 0.717) is 25.7 Å². The summed E-state index contributed by atoms with van der Waals surface area (Å²) in [5.74, 6) is -3.83. The van der Waals surface area contributed by atoms with Crippen LogP contribution in [0.3, 0.4) is 0 Å². The fraction of sp³-hybridized carbons (Fsp3) is 0.696. The third kappa shape index (κ3) is 29.2. The number of aliphatic carboxylic acids is 1. The molecule has 1 saturated carbocycles. The molecule has 0 amide bonds. The molecule has 0 heterocycles. The van der Waals surface area contributed by atoms with Crippen molar-refractivity contribution < 1.29 is 67.6 Å². The summed E-state index contributed by atoms with van der Waals surface area (Å²) in [6, 6.07) is -1.58. The van der Waals surface area contributed by atoms with Gasteiger partial charge in [-0.25, -0.2) is 4.57 Å². The molecule has 0 spiro atoms. The quantitative estimate of drug-likeness (QED) is 0.0153. The summed E-state index contributed by atoms with van der Waals surface area (Å²) in [5, 5.41) is 40.2. The molecule has 1 aliphatic carbocycles. The zero-order chi connectivity index (χ0) is 46.0. The Morgan fingerprint density at radius 1 is 0.742 bits per heavy atom. The minimum atomic E-state index is -4.82. The zero-order valence-corrected chi connectivity index (χ0v) is 37.9. The second-order valence-electron chi connectivity index (χ2n) is 15.8. The number of nitrogens with two attached hydrogens (primary N) is 1. The summed E-state index contributed by atoms with van der Waals surface area (Å²) >= 11 is 0. The van der Waals surface area contributed by atoms with E-state index < -0.39 is 87.8 Å². The number of phosphoric acid groups is 1. The predicted molar refractivity (Wildman–Crippen MR) is 238 cm³/mol. The number of ether oxygens (including phenoxy) is 2. The van der Waals surface area contributed by atoms with Crippen LogP contribution in [0.25, 0.3) is 0 Å². The number of carboxylic acids is 1. The molecule has 0 aromatic carbocycles. The first-order valence-electron chi connectivity index (χ1n) is 22.5. The summed E-state index contributed by atoms with van der Waals surface area (Å²) in [6.45, 7) is 2.16. The summed E-state index contributed by atoms with van der Waals surface area (Å²) in [4.78, 5) is 59.1. The Morgan fingerprint density at radius 2 is 1.34 bits per heavy atom. The Bertz CT molecular complexity index is 1460. The topological polar surface area (TPSA) is 249 Å². The first kappa shape index (κ1) is 56.7. The van der Waals surface area contributed by atoms with Crippen molar-refractivity contribution in [1.82, 2.24) is 0 Å². The number of Topliss-reactive ketones (excluding diaryl/α,β-unsaturated/α-hetero) is 1. The van der Waals surface area contributed by atoms with Gasteiger partial charge in [0.25, 0.3) is 0 Å². The van der Waals surface area contributed by atoms with E-state index in [4.69, 9.17) is 24.8 Å². The van der Waals surface area contributed by atoms with Crippen molar-refractivity contribution >= 4 is 31.5 Å².